The van der Waals surface area contributed by atoms with Gasteiger partial charge in [0.15, 0.2) is 17.9 Å². The van der Waals surface area contributed by atoms with E-state index in [1.54, 1.807) is 6.92 Å². The summed E-state index contributed by atoms with van der Waals surface area (Å²) in [5, 5.41) is 10.8. The number of nitrogens with zero attached hydrogens (tertiary/aromatic N) is 1. The minimum absolute atomic E-state index is 0.0410. The Morgan fingerprint density at radius 3 is 2.00 bits per heavy atom. The average Bonchev–Trinajstić information content (AvgIpc) is 3.08. The van der Waals surface area contributed by atoms with Gasteiger partial charge in [-0.05, 0) is 100 Å². The highest BCUT2D eigenvalue weighted by molar-refractivity contribution is 6.01. The molecule has 8 nitrogen and oxygen atoms in total. The highest BCUT2D eigenvalue weighted by atomic mass is 19.1. The molecule has 0 aromatic heterocycles. The second kappa shape index (κ2) is 17.3. The predicted molar refractivity (Wildman–Crippen MR) is 183 cm³/mol. The number of hydrogen-bond acceptors (Lipinski definition) is 7. The number of ether oxygens (including phenoxy) is 4. The van der Waals surface area contributed by atoms with Crippen LogP contribution in [0.4, 0.5) is 10.1 Å². The monoisotopic (exact) mass is 663 g/mol. The molecule has 2 saturated heterocycles. The van der Waals surface area contributed by atoms with Crippen LogP contribution in [0.2, 0.25) is 0 Å². The van der Waals surface area contributed by atoms with Crippen molar-refractivity contribution in [2.45, 2.75) is 96.9 Å². The van der Waals surface area contributed by atoms with Crippen LogP contribution in [0.3, 0.4) is 0 Å². The van der Waals surface area contributed by atoms with Crippen LogP contribution in [0.1, 0.15) is 93.4 Å². The van der Waals surface area contributed by atoms with Gasteiger partial charge in [0.2, 0.25) is 5.91 Å². The van der Waals surface area contributed by atoms with Gasteiger partial charge in [0.1, 0.15) is 11.4 Å². The molecule has 3 aromatic carbocycles. The van der Waals surface area contributed by atoms with Gasteiger partial charge in [-0.1, -0.05) is 43.3 Å². The average molecular weight is 664 g/mol. The molecule has 48 heavy (non-hydrogen) atoms. The number of aliphatic hydroxyl groups is 1. The van der Waals surface area contributed by atoms with E-state index in [-0.39, 0.29) is 43.1 Å². The SMILES string of the molecule is CCC(=O)c1ccc(F)cc1.CCOC(CCc1ccc(N2C(=O)CC2c2ccc(CCC3(O)COC(C)(C)OC3)cc2)cc1)OCC. The molecule has 2 aliphatic rings. The number of Topliss-reactive ketones (excluding diaryl/α,β-unsaturated/α-hetero) is 1. The first-order valence-corrected chi connectivity index (χ1v) is 17.0. The van der Waals surface area contributed by atoms with Crippen molar-refractivity contribution < 1.29 is 38.0 Å². The molecule has 2 heterocycles. The first-order valence-electron chi connectivity index (χ1n) is 17.0. The molecule has 0 bridgehead atoms. The Hall–Kier alpha value is -3.47. The summed E-state index contributed by atoms with van der Waals surface area (Å²) in [5.74, 6) is -0.768. The van der Waals surface area contributed by atoms with Crippen molar-refractivity contribution in [2.75, 3.05) is 31.3 Å². The van der Waals surface area contributed by atoms with Gasteiger partial charge >= 0.3 is 0 Å². The third-order valence-corrected chi connectivity index (χ3v) is 8.64. The zero-order valence-electron chi connectivity index (χ0n) is 28.9. The van der Waals surface area contributed by atoms with Crippen LogP contribution in [-0.2, 0) is 36.6 Å². The molecule has 2 aliphatic heterocycles. The van der Waals surface area contributed by atoms with Crippen molar-refractivity contribution in [3.8, 4) is 0 Å². The maximum absolute atomic E-state index is 12.5. The smallest absolute Gasteiger partial charge is 0.230 e. The second-order valence-electron chi connectivity index (χ2n) is 12.8. The second-order valence-corrected chi connectivity index (χ2v) is 12.8. The van der Waals surface area contributed by atoms with Crippen molar-refractivity contribution in [1.29, 1.82) is 0 Å². The molecular weight excluding hydrogens is 613 g/mol. The number of carbonyl (C=O) groups excluding carboxylic acids is 2. The first-order chi connectivity index (χ1) is 23.0. The Balaban J connectivity index is 0.000000401. The number of benzene rings is 3. The van der Waals surface area contributed by atoms with E-state index in [9.17, 15) is 19.1 Å². The summed E-state index contributed by atoms with van der Waals surface area (Å²) in [6.07, 6.45) is 3.74. The summed E-state index contributed by atoms with van der Waals surface area (Å²) in [4.78, 5) is 25.4. The number of aryl methyl sites for hydroxylation is 2. The summed E-state index contributed by atoms with van der Waals surface area (Å²) in [7, 11) is 0. The highest BCUT2D eigenvalue weighted by Gasteiger charge is 2.39. The number of ketones is 1. The third kappa shape index (κ3) is 10.5. The van der Waals surface area contributed by atoms with Crippen molar-refractivity contribution in [3.05, 3.63) is 101 Å². The number of anilines is 1. The van der Waals surface area contributed by atoms with Gasteiger partial charge in [-0.25, -0.2) is 4.39 Å². The van der Waals surface area contributed by atoms with E-state index >= 15 is 0 Å². The predicted octanol–water partition coefficient (Wildman–Crippen LogP) is 7.36. The fourth-order valence-electron chi connectivity index (χ4n) is 5.67. The Labute approximate surface area is 284 Å². The van der Waals surface area contributed by atoms with Gasteiger partial charge in [-0.3, -0.25) is 9.59 Å². The standard InChI is InChI=1S/C30H41NO6.C9H9FO/c1-5-34-28(35-6-2)16-11-22-9-14-25(15-10-22)31-26(19-27(31)32)24-12-7-23(8-13-24)17-18-30(33)20-36-29(3,4)37-21-30;1-2-9(11)7-3-5-8(10)6-4-7/h7-10,12-15,26,28,33H,5-6,11,16-21H2,1-4H3;3-6H,2H2,1H3. The molecule has 1 unspecified atom stereocenters. The van der Waals surface area contributed by atoms with E-state index in [0.717, 1.165) is 36.1 Å². The largest absolute Gasteiger partial charge is 0.385 e. The molecule has 5 rings (SSSR count). The van der Waals surface area contributed by atoms with Crippen LogP contribution < -0.4 is 4.90 Å². The lowest BCUT2D eigenvalue weighted by molar-refractivity contribution is -0.302. The van der Waals surface area contributed by atoms with E-state index in [2.05, 4.69) is 36.4 Å². The molecule has 0 spiro atoms. The molecule has 0 radical (unpaired) electrons. The first kappa shape index (κ1) is 37.4. The van der Waals surface area contributed by atoms with Gasteiger partial charge in [-0.2, -0.15) is 0 Å². The molecule has 1 atom stereocenters. The van der Waals surface area contributed by atoms with E-state index in [4.69, 9.17) is 18.9 Å². The van der Waals surface area contributed by atoms with Crippen LogP contribution in [0.5, 0.6) is 0 Å². The van der Waals surface area contributed by atoms with E-state index in [0.29, 0.717) is 38.0 Å². The molecule has 1 N–H and O–H groups in total. The van der Waals surface area contributed by atoms with Crippen LogP contribution in [0.25, 0.3) is 0 Å². The summed E-state index contributed by atoms with van der Waals surface area (Å²) in [6.45, 7) is 11.3. The Morgan fingerprint density at radius 1 is 0.896 bits per heavy atom. The van der Waals surface area contributed by atoms with Crippen molar-refractivity contribution in [3.63, 3.8) is 0 Å². The van der Waals surface area contributed by atoms with Crippen LogP contribution in [0, 0.1) is 5.82 Å². The van der Waals surface area contributed by atoms with E-state index in [1.165, 1.54) is 29.8 Å². The van der Waals surface area contributed by atoms with Gasteiger partial charge in [0.25, 0.3) is 0 Å². The fourth-order valence-corrected chi connectivity index (χ4v) is 5.67. The van der Waals surface area contributed by atoms with Gasteiger partial charge < -0.3 is 29.0 Å². The summed E-state index contributed by atoms with van der Waals surface area (Å²) in [6, 6.07) is 22.2. The Morgan fingerprint density at radius 2 is 1.46 bits per heavy atom. The minimum atomic E-state index is -0.968. The topological polar surface area (TPSA) is 94.5 Å². The van der Waals surface area contributed by atoms with Crippen LogP contribution in [0.15, 0.2) is 72.8 Å². The Bertz CT molecular complexity index is 1440. The molecule has 0 aliphatic carbocycles. The molecule has 260 valence electrons. The number of carbonyl (C=O) groups is 2. The number of β-lactam (4-membered cyclic amide) rings is 1. The molecular formula is C39H50FNO7. The molecule has 2 fully saturated rings. The van der Waals surface area contributed by atoms with Gasteiger partial charge in [-0.15, -0.1) is 0 Å². The number of halogens is 1. The zero-order chi connectivity index (χ0) is 34.7. The van der Waals surface area contributed by atoms with Crippen molar-refractivity contribution in [1.82, 2.24) is 0 Å². The fraction of sp³-hybridized carbons (Fsp3) is 0.487. The molecule has 3 aromatic rings. The van der Waals surface area contributed by atoms with Crippen molar-refractivity contribution in [2.24, 2.45) is 0 Å². The summed E-state index contributed by atoms with van der Waals surface area (Å²) < 4.78 is 34.9. The van der Waals surface area contributed by atoms with E-state index < -0.39 is 11.4 Å². The highest BCUT2D eigenvalue weighted by Crippen LogP contribution is 2.39. The lowest BCUT2D eigenvalue weighted by Crippen LogP contribution is -2.51. The maximum Gasteiger partial charge on any atom is 0.230 e. The third-order valence-electron chi connectivity index (χ3n) is 8.64. The van der Waals surface area contributed by atoms with Gasteiger partial charge in [0.05, 0.1) is 25.7 Å². The quantitative estimate of drug-likeness (QED) is 0.109. The summed E-state index contributed by atoms with van der Waals surface area (Å²) >= 11 is 0. The van der Waals surface area contributed by atoms with E-state index in [1.807, 2.05) is 44.7 Å². The minimum Gasteiger partial charge on any atom is -0.385 e. The lowest BCUT2D eigenvalue weighted by Gasteiger charge is -2.41. The normalized spacial score (nSPS) is 18.2. The number of rotatable bonds is 14. The Kier molecular flexibility index (Phi) is 13.4. The lowest BCUT2D eigenvalue weighted by atomic mass is 9.90. The zero-order valence-corrected chi connectivity index (χ0v) is 28.9. The van der Waals surface area contributed by atoms with Crippen molar-refractivity contribution >= 4 is 17.4 Å². The van der Waals surface area contributed by atoms with Gasteiger partial charge in [0, 0.05) is 37.3 Å². The number of amides is 1. The molecule has 0 saturated carbocycles. The molecule has 9 heteroatoms. The maximum atomic E-state index is 12.5. The molecule has 1 amide bonds. The van der Waals surface area contributed by atoms with Crippen LogP contribution in [-0.4, -0.2) is 60.9 Å². The number of hydrogen-bond donors (Lipinski definition) is 1. The van der Waals surface area contributed by atoms with Crippen LogP contribution >= 0.6 is 0 Å². The summed E-state index contributed by atoms with van der Waals surface area (Å²) in [5.41, 5.74) is 3.98.